The first-order valence-corrected chi connectivity index (χ1v) is 5.66. The number of carbonyl (C=O) groups is 1. The number of sulfonamides is 1. The van der Waals surface area contributed by atoms with Crippen LogP contribution in [0.5, 0.6) is 0 Å². The molecule has 14 heavy (non-hydrogen) atoms. The number of ether oxygens (including phenoxy) is 1. The summed E-state index contributed by atoms with van der Waals surface area (Å²) in [6.07, 6.45) is 0.772. The summed E-state index contributed by atoms with van der Waals surface area (Å²) in [4.78, 5) is 10.9. The van der Waals surface area contributed by atoms with Crippen molar-refractivity contribution < 1.29 is 23.1 Å². The predicted octanol–water partition coefficient (Wildman–Crippen LogP) is -1.37. The van der Waals surface area contributed by atoms with E-state index in [2.05, 4.69) is 11.3 Å². The minimum atomic E-state index is -3.41. The second kappa shape index (κ2) is 5.74. The van der Waals surface area contributed by atoms with Gasteiger partial charge in [-0.2, -0.15) is 0 Å². The van der Waals surface area contributed by atoms with Gasteiger partial charge in [-0.25, -0.2) is 17.9 Å². The average Bonchev–Trinajstić information content (AvgIpc) is 2.09. The van der Waals surface area contributed by atoms with E-state index in [1.165, 1.54) is 6.08 Å². The number of aliphatic hydroxyl groups is 1. The average molecular weight is 223 g/mol. The van der Waals surface area contributed by atoms with Crippen molar-refractivity contribution in [2.75, 3.05) is 19.4 Å². The van der Waals surface area contributed by atoms with Gasteiger partial charge in [-0.1, -0.05) is 12.7 Å². The monoisotopic (exact) mass is 223 g/mol. The Morgan fingerprint density at radius 1 is 1.71 bits per heavy atom. The van der Waals surface area contributed by atoms with Gasteiger partial charge in [0.25, 0.3) is 0 Å². The highest BCUT2D eigenvalue weighted by Gasteiger charge is 2.17. The number of hydrogen-bond donors (Lipinski definition) is 2. The molecule has 0 aromatic carbocycles. The van der Waals surface area contributed by atoms with Crippen LogP contribution in [0.4, 0.5) is 0 Å². The van der Waals surface area contributed by atoms with Crippen LogP contribution in [0.1, 0.15) is 0 Å². The molecule has 6 nitrogen and oxygen atoms in total. The zero-order valence-electron chi connectivity index (χ0n) is 7.76. The van der Waals surface area contributed by atoms with Gasteiger partial charge < -0.3 is 9.84 Å². The van der Waals surface area contributed by atoms with Crippen molar-refractivity contribution in [2.24, 2.45) is 0 Å². The lowest BCUT2D eigenvalue weighted by Gasteiger charge is -2.09. The number of esters is 1. The fourth-order valence-corrected chi connectivity index (χ4v) is 1.01. The second-order valence-corrected chi connectivity index (χ2v) is 4.39. The van der Waals surface area contributed by atoms with Crippen LogP contribution in [-0.2, 0) is 19.6 Å². The molecule has 0 radical (unpaired) electrons. The third-order valence-corrected chi connectivity index (χ3v) is 1.85. The molecule has 0 fully saturated rings. The van der Waals surface area contributed by atoms with Gasteiger partial charge >= 0.3 is 5.97 Å². The molecule has 0 aromatic rings. The van der Waals surface area contributed by atoms with Crippen LogP contribution in [0.15, 0.2) is 12.7 Å². The van der Waals surface area contributed by atoms with E-state index in [0.717, 1.165) is 6.26 Å². The molecule has 0 unspecified atom stereocenters. The molecule has 0 heterocycles. The number of nitrogens with one attached hydrogen (secondary N) is 1. The number of carbonyl (C=O) groups excluding carboxylic acids is 1. The van der Waals surface area contributed by atoms with Crippen molar-refractivity contribution in [1.29, 1.82) is 0 Å². The van der Waals surface area contributed by atoms with Crippen molar-refractivity contribution in [3.8, 4) is 0 Å². The highest BCUT2D eigenvalue weighted by atomic mass is 32.2. The smallest absolute Gasteiger partial charge is 0.336 e. The first kappa shape index (κ1) is 13.1. The van der Waals surface area contributed by atoms with Crippen LogP contribution in [-0.4, -0.2) is 45.0 Å². The molecular formula is C7H13NO5S. The van der Waals surface area contributed by atoms with Gasteiger partial charge in [0.15, 0.2) is 6.10 Å². The van der Waals surface area contributed by atoms with Crippen molar-refractivity contribution >= 4 is 16.0 Å². The molecule has 7 heteroatoms. The maximum atomic E-state index is 10.9. The summed E-state index contributed by atoms with van der Waals surface area (Å²) in [5.74, 6) is -0.888. The highest BCUT2D eigenvalue weighted by Crippen LogP contribution is 1.88. The van der Waals surface area contributed by atoms with Gasteiger partial charge in [0.05, 0.1) is 6.26 Å². The Bertz CT molecular complexity index is 297. The maximum absolute atomic E-state index is 10.9. The molecule has 0 bridgehead atoms. The summed E-state index contributed by atoms with van der Waals surface area (Å²) in [6.45, 7) is 2.89. The minimum absolute atomic E-state index is 0.0191. The molecule has 1 atom stereocenters. The van der Waals surface area contributed by atoms with E-state index in [-0.39, 0.29) is 6.61 Å². The molecule has 0 spiro atoms. The summed E-state index contributed by atoms with van der Waals surface area (Å²) in [5.41, 5.74) is 0. The molecule has 0 aliphatic heterocycles. The third kappa shape index (κ3) is 6.58. The Morgan fingerprint density at radius 3 is 2.71 bits per heavy atom. The second-order valence-electron chi connectivity index (χ2n) is 2.56. The summed E-state index contributed by atoms with van der Waals surface area (Å²) in [6, 6.07) is 0. The van der Waals surface area contributed by atoms with E-state index in [1.807, 2.05) is 4.72 Å². The molecule has 0 aliphatic rings. The Hall–Kier alpha value is -0.920. The number of aliphatic hydroxyl groups excluding tert-OH is 1. The highest BCUT2D eigenvalue weighted by molar-refractivity contribution is 7.88. The Morgan fingerprint density at radius 2 is 2.29 bits per heavy atom. The van der Waals surface area contributed by atoms with Gasteiger partial charge in [-0.05, 0) is 0 Å². The Balaban J connectivity index is 3.90. The predicted molar refractivity (Wildman–Crippen MR) is 50.0 cm³/mol. The van der Waals surface area contributed by atoms with Gasteiger partial charge in [0.1, 0.15) is 6.61 Å². The summed E-state index contributed by atoms with van der Waals surface area (Å²) in [5, 5.41) is 9.07. The quantitative estimate of drug-likeness (QED) is 0.428. The maximum Gasteiger partial charge on any atom is 0.336 e. The molecule has 82 valence electrons. The normalized spacial score (nSPS) is 13.3. The van der Waals surface area contributed by atoms with E-state index < -0.39 is 28.6 Å². The van der Waals surface area contributed by atoms with Crippen molar-refractivity contribution in [3.05, 3.63) is 12.7 Å². The summed E-state index contributed by atoms with van der Waals surface area (Å²) >= 11 is 0. The van der Waals surface area contributed by atoms with Crippen molar-refractivity contribution in [2.45, 2.75) is 6.10 Å². The lowest BCUT2D eigenvalue weighted by atomic mass is 10.4. The standard InChI is InChI=1S/C7H13NO5S/c1-3-4-13-7(10)6(9)5-8-14(2,11)12/h3,6,8-9H,1,4-5H2,2H3/t6-/m0/s1. The summed E-state index contributed by atoms with van der Waals surface area (Å²) in [7, 11) is -3.41. The van der Waals surface area contributed by atoms with Crippen LogP contribution in [0.2, 0.25) is 0 Å². The topological polar surface area (TPSA) is 92.7 Å². The van der Waals surface area contributed by atoms with Crippen LogP contribution in [0.3, 0.4) is 0 Å². The first-order valence-electron chi connectivity index (χ1n) is 3.77. The third-order valence-electron chi connectivity index (χ3n) is 1.15. The van der Waals surface area contributed by atoms with E-state index >= 15 is 0 Å². The Labute approximate surface area is 82.6 Å². The van der Waals surface area contributed by atoms with E-state index in [9.17, 15) is 13.2 Å². The molecule has 0 rings (SSSR count). The Kier molecular flexibility index (Phi) is 5.36. The van der Waals surface area contributed by atoms with Gasteiger partial charge in [-0.15, -0.1) is 0 Å². The van der Waals surface area contributed by atoms with Gasteiger partial charge in [-0.3, -0.25) is 0 Å². The minimum Gasteiger partial charge on any atom is -0.460 e. The molecule has 0 aromatic heterocycles. The SMILES string of the molecule is C=CCOC(=O)[C@@H](O)CNS(C)(=O)=O. The van der Waals surface area contributed by atoms with E-state index in [4.69, 9.17) is 5.11 Å². The molecular weight excluding hydrogens is 210 g/mol. The van der Waals surface area contributed by atoms with E-state index in [0.29, 0.717) is 0 Å². The lowest BCUT2D eigenvalue weighted by Crippen LogP contribution is -2.37. The zero-order chi connectivity index (χ0) is 11.2. The zero-order valence-corrected chi connectivity index (χ0v) is 8.58. The largest absolute Gasteiger partial charge is 0.460 e. The van der Waals surface area contributed by atoms with Gasteiger partial charge in [0, 0.05) is 6.54 Å². The fourth-order valence-electron chi connectivity index (χ4n) is 0.551. The first-order chi connectivity index (χ1) is 6.37. The molecule has 0 aliphatic carbocycles. The van der Waals surface area contributed by atoms with Crippen molar-refractivity contribution in [3.63, 3.8) is 0 Å². The number of rotatable bonds is 6. The van der Waals surface area contributed by atoms with Crippen LogP contribution in [0.25, 0.3) is 0 Å². The molecule has 0 saturated carbocycles. The number of hydrogen-bond acceptors (Lipinski definition) is 5. The lowest BCUT2D eigenvalue weighted by molar-refractivity contribution is -0.151. The molecule has 0 saturated heterocycles. The van der Waals surface area contributed by atoms with Crippen LogP contribution < -0.4 is 4.72 Å². The molecule has 2 N–H and O–H groups in total. The molecule has 0 amide bonds. The fraction of sp³-hybridized carbons (Fsp3) is 0.571. The van der Waals surface area contributed by atoms with Crippen LogP contribution >= 0.6 is 0 Å². The van der Waals surface area contributed by atoms with Gasteiger partial charge in [0.2, 0.25) is 10.0 Å². The van der Waals surface area contributed by atoms with E-state index in [1.54, 1.807) is 0 Å². The van der Waals surface area contributed by atoms with Crippen LogP contribution in [0, 0.1) is 0 Å². The summed E-state index contributed by atoms with van der Waals surface area (Å²) < 4.78 is 27.6. The van der Waals surface area contributed by atoms with Crippen molar-refractivity contribution in [1.82, 2.24) is 4.72 Å².